The molecule has 0 unspecified atom stereocenters. The predicted octanol–water partition coefficient (Wildman–Crippen LogP) is 5.59. The predicted molar refractivity (Wildman–Crippen MR) is 149 cm³/mol. The fourth-order valence-electron chi connectivity index (χ4n) is 5.12. The summed E-state index contributed by atoms with van der Waals surface area (Å²) in [6, 6.07) is 19.8. The highest BCUT2D eigenvalue weighted by Crippen LogP contribution is 2.44. The molecule has 0 spiro atoms. The van der Waals surface area contributed by atoms with Crippen LogP contribution in [0.2, 0.25) is 0 Å². The number of nitrogens with zero attached hydrogens (tertiary/aromatic N) is 4. The summed E-state index contributed by atoms with van der Waals surface area (Å²) in [5, 5.41) is 15.6. The van der Waals surface area contributed by atoms with Gasteiger partial charge in [-0.2, -0.15) is 0 Å². The zero-order chi connectivity index (χ0) is 27.0. The molecule has 194 valence electrons. The smallest absolute Gasteiger partial charge is 0.271 e. The van der Waals surface area contributed by atoms with Gasteiger partial charge in [-0.1, -0.05) is 6.07 Å². The lowest BCUT2D eigenvalue weighted by Gasteiger charge is -2.28. The minimum absolute atomic E-state index is 0.00946. The minimum Gasteiger partial charge on any atom is -0.497 e. The van der Waals surface area contributed by atoms with E-state index in [1.807, 2.05) is 60.9 Å². The van der Waals surface area contributed by atoms with Crippen LogP contribution in [0, 0.1) is 24.0 Å². The molecule has 38 heavy (non-hydrogen) atoms. The number of aryl methyl sites for hydroxylation is 1. The summed E-state index contributed by atoms with van der Waals surface area (Å²) in [4.78, 5) is 17.9. The number of anilines is 1. The van der Waals surface area contributed by atoms with Gasteiger partial charge in [-0.15, -0.1) is 0 Å². The van der Waals surface area contributed by atoms with E-state index in [4.69, 9.17) is 21.7 Å². The molecule has 5 rings (SSSR count). The highest BCUT2D eigenvalue weighted by atomic mass is 32.1. The molecule has 0 bridgehead atoms. The number of nitro benzene ring substituents is 1. The zero-order valence-corrected chi connectivity index (χ0v) is 22.2. The molecule has 1 fully saturated rings. The Bertz CT molecular complexity index is 1500. The molecule has 2 atom stereocenters. The van der Waals surface area contributed by atoms with Crippen molar-refractivity contribution >= 4 is 28.7 Å². The Labute approximate surface area is 225 Å². The highest BCUT2D eigenvalue weighted by molar-refractivity contribution is 7.80. The number of hydrogen-bond acceptors (Lipinski definition) is 6. The topological polar surface area (TPSA) is 94.7 Å². The first-order chi connectivity index (χ1) is 18.3. The van der Waals surface area contributed by atoms with Crippen LogP contribution in [0.3, 0.4) is 0 Å². The van der Waals surface area contributed by atoms with E-state index in [-0.39, 0.29) is 17.8 Å². The number of benzene rings is 2. The molecule has 0 aliphatic carbocycles. The third kappa shape index (κ3) is 4.32. The molecule has 2 aromatic carbocycles. The van der Waals surface area contributed by atoms with Crippen LogP contribution in [-0.2, 0) is 0 Å². The number of rotatable bonds is 7. The van der Waals surface area contributed by atoms with Gasteiger partial charge in [0.25, 0.3) is 5.69 Å². The van der Waals surface area contributed by atoms with Crippen LogP contribution in [-0.4, -0.2) is 33.8 Å². The standard InChI is InChI=1S/C28H27N5O4S/c1-17-15-22(18(2)31(17)24-16-20(33(34)35)10-13-25(24)37-4)27-26(23-7-5-6-14-29-23)30-28(38)32(27)19-8-11-21(36-3)12-9-19/h5-16,26-27H,1-4H3,(H,30,38)/t26-,27-/m1/s1. The first-order valence-corrected chi connectivity index (χ1v) is 12.4. The second kappa shape index (κ2) is 10.1. The van der Waals surface area contributed by atoms with Crippen molar-refractivity contribution in [1.82, 2.24) is 14.9 Å². The normalized spacial score (nSPS) is 16.8. The van der Waals surface area contributed by atoms with Gasteiger partial charge < -0.3 is 24.3 Å². The lowest BCUT2D eigenvalue weighted by molar-refractivity contribution is -0.384. The number of thiocarbonyl (C=S) groups is 1. The molecule has 1 saturated heterocycles. The van der Waals surface area contributed by atoms with Gasteiger partial charge in [-0.05, 0) is 80.2 Å². The summed E-state index contributed by atoms with van der Waals surface area (Å²) in [5.41, 5.74) is 5.18. The summed E-state index contributed by atoms with van der Waals surface area (Å²) in [5.74, 6) is 1.29. The van der Waals surface area contributed by atoms with Gasteiger partial charge in [0.1, 0.15) is 11.5 Å². The average Bonchev–Trinajstić information content (AvgIpc) is 3.43. The van der Waals surface area contributed by atoms with E-state index >= 15 is 0 Å². The van der Waals surface area contributed by atoms with Crippen molar-refractivity contribution in [2.45, 2.75) is 25.9 Å². The lowest BCUT2D eigenvalue weighted by Crippen LogP contribution is -2.29. The quantitative estimate of drug-likeness (QED) is 0.188. The van der Waals surface area contributed by atoms with E-state index in [9.17, 15) is 10.1 Å². The Hall–Kier alpha value is -4.44. The van der Waals surface area contributed by atoms with E-state index in [0.717, 1.165) is 34.1 Å². The number of methoxy groups -OCH3 is 2. The van der Waals surface area contributed by atoms with Crippen LogP contribution in [0.5, 0.6) is 11.5 Å². The number of non-ortho nitro benzene ring substituents is 1. The van der Waals surface area contributed by atoms with Crippen LogP contribution in [0.4, 0.5) is 11.4 Å². The molecule has 0 radical (unpaired) electrons. The Morgan fingerprint density at radius 2 is 1.79 bits per heavy atom. The number of nitro groups is 1. The summed E-state index contributed by atoms with van der Waals surface area (Å²) >= 11 is 5.85. The maximum absolute atomic E-state index is 11.6. The summed E-state index contributed by atoms with van der Waals surface area (Å²) in [6.45, 7) is 3.98. The molecular formula is C28H27N5O4S. The Morgan fingerprint density at radius 1 is 1.03 bits per heavy atom. The molecule has 1 aliphatic rings. The minimum atomic E-state index is -0.403. The van der Waals surface area contributed by atoms with E-state index in [1.165, 1.54) is 12.1 Å². The van der Waals surface area contributed by atoms with Crippen LogP contribution in [0.1, 0.15) is 34.7 Å². The third-order valence-corrected chi connectivity index (χ3v) is 7.17. The second-order valence-corrected chi connectivity index (χ2v) is 9.36. The van der Waals surface area contributed by atoms with Crippen molar-refractivity contribution in [3.05, 3.63) is 106 Å². The second-order valence-electron chi connectivity index (χ2n) is 8.97. The monoisotopic (exact) mass is 529 g/mol. The zero-order valence-electron chi connectivity index (χ0n) is 21.4. The van der Waals surface area contributed by atoms with Gasteiger partial charge >= 0.3 is 0 Å². The highest BCUT2D eigenvalue weighted by Gasteiger charge is 2.42. The largest absolute Gasteiger partial charge is 0.497 e. The number of pyridine rings is 1. The number of ether oxygens (including phenoxy) is 2. The first kappa shape index (κ1) is 25.2. The maximum atomic E-state index is 11.6. The van der Waals surface area contributed by atoms with E-state index in [1.54, 1.807) is 26.5 Å². The molecule has 1 aliphatic heterocycles. The number of hydrogen-bond donors (Lipinski definition) is 1. The van der Waals surface area contributed by atoms with Crippen LogP contribution in [0.25, 0.3) is 5.69 Å². The van der Waals surface area contributed by atoms with Crippen LogP contribution >= 0.6 is 12.2 Å². The molecule has 10 heteroatoms. The summed E-state index contributed by atoms with van der Waals surface area (Å²) in [7, 11) is 3.19. The van der Waals surface area contributed by atoms with Gasteiger partial charge in [-0.3, -0.25) is 15.1 Å². The van der Waals surface area contributed by atoms with Crippen molar-refractivity contribution in [2.24, 2.45) is 0 Å². The van der Waals surface area contributed by atoms with E-state index in [0.29, 0.717) is 16.5 Å². The number of nitrogens with one attached hydrogen (secondary N) is 1. The van der Waals surface area contributed by atoms with Crippen molar-refractivity contribution in [1.29, 1.82) is 0 Å². The molecule has 3 heterocycles. The molecular weight excluding hydrogens is 502 g/mol. The SMILES string of the molecule is COc1ccc(N2C(=S)N[C@H](c3ccccn3)[C@H]2c2cc(C)n(-c3cc([N+](=O)[O-])ccc3OC)c2C)cc1. The molecule has 2 aromatic heterocycles. The molecule has 0 saturated carbocycles. The van der Waals surface area contributed by atoms with Gasteiger partial charge in [0.15, 0.2) is 5.11 Å². The van der Waals surface area contributed by atoms with Crippen molar-refractivity contribution in [3.63, 3.8) is 0 Å². The third-order valence-electron chi connectivity index (χ3n) is 6.85. The number of aromatic nitrogens is 2. The Morgan fingerprint density at radius 3 is 2.42 bits per heavy atom. The maximum Gasteiger partial charge on any atom is 0.271 e. The fourth-order valence-corrected chi connectivity index (χ4v) is 5.46. The molecule has 4 aromatic rings. The Kier molecular flexibility index (Phi) is 6.73. The lowest BCUT2D eigenvalue weighted by atomic mass is 9.96. The van der Waals surface area contributed by atoms with Gasteiger partial charge in [0.2, 0.25) is 0 Å². The van der Waals surface area contributed by atoms with Gasteiger partial charge in [-0.25, -0.2) is 0 Å². The van der Waals surface area contributed by atoms with E-state index < -0.39 is 4.92 Å². The van der Waals surface area contributed by atoms with E-state index in [2.05, 4.69) is 21.3 Å². The first-order valence-electron chi connectivity index (χ1n) is 12.0. The van der Waals surface area contributed by atoms with Gasteiger partial charge in [0, 0.05) is 35.4 Å². The van der Waals surface area contributed by atoms with Crippen LogP contribution in [0.15, 0.2) is 72.9 Å². The Balaban J connectivity index is 1.69. The molecule has 9 nitrogen and oxygen atoms in total. The van der Waals surface area contributed by atoms with Crippen LogP contribution < -0.4 is 19.7 Å². The fraction of sp³-hybridized carbons (Fsp3) is 0.214. The summed E-state index contributed by atoms with van der Waals surface area (Å²) < 4.78 is 12.9. The van der Waals surface area contributed by atoms with Crippen molar-refractivity contribution in [3.8, 4) is 17.2 Å². The summed E-state index contributed by atoms with van der Waals surface area (Å²) in [6.07, 6.45) is 1.77. The van der Waals surface area contributed by atoms with Crippen molar-refractivity contribution in [2.75, 3.05) is 19.1 Å². The van der Waals surface area contributed by atoms with Gasteiger partial charge in [0.05, 0.1) is 42.6 Å². The average molecular weight is 530 g/mol. The molecule has 0 amide bonds. The molecule has 1 N–H and O–H groups in total. The van der Waals surface area contributed by atoms with Crippen molar-refractivity contribution < 1.29 is 14.4 Å².